The molecule has 0 N–H and O–H groups in total. The second-order valence-electron chi connectivity index (χ2n) is 4.43. The van der Waals surface area contributed by atoms with Gasteiger partial charge in [-0.1, -0.05) is 38.4 Å². The quantitative estimate of drug-likeness (QED) is 0.650. The van der Waals surface area contributed by atoms with Gasteiger partial charge in [0.1, 0.15) is 10.8 Å². The Morgan fingerprint density at radius 3 is 2.57 bits per heavy atom. The third-order valence-electron chi connectivity index (χ3n) is 2.18. The summed E-state index contributed by atoms with van der Waals surface area (Å²) in [5, 5.41) is 0.716. The van der Waals surface area contributed by atoms with E-state index in [1.54, 1.807) is 0 Å². The van der Waals surface area contributed by atoms with E-state index in [4.69, 9.17) is 11.6 Å². The predicted molar refractivity (Wildman–Crippen MR) is 58.9 cm³/mol. The van der Waals surface area contributed by atoms with E-state index in [1.165, 1.54) is 0 Å². The topological polar surface area (TPSA) is 17.3 Å². The zero-order valence-electron chi connectivity index (χ0n) is 8.58. The molecule has 0 saturated heterocycles. The summed E-state index contributed by atoms with van der Waals surface area (Å²) >= 11 is 6.24. The van der Waals surface area contributed by atoms with Crippen LogP contribution in [-0.4, -0.2) is 9.38 Å². The fourth-order valence-corrected chi connectivity index (χ4v) is 1.91. The molecule has 0 bridgehead atoms. The standard InChI is InChI=1S/C11H13ClN2/c1-11(2,3)9-10(12)14-7-5-4-6-8(14)13-9/h4-7H,1-3H3. The molecule has 0 aliphatic rings. The maximum absolute atomic E-state index is 6.24. The third kappa shape index (κ3) is 1.40. The molecule has 2 heterocycles. The number of rotatable bonds is 0. The zero-order valence-corrected chi connectivity index (χ0v) is 9.34. The maximum atomic E-state index is 6.24. The van der Waals surface area contributed by atoms with Crippen molar-refractivity contribution in [2.24, 2.45) is 0 Å². The minimum Gasteiger partial charge on any atom is -0.290 e. The van der Waals surface area contributed by atoms with E-state index in [1.807, 2.05) is 28.8 Å². The molecule has 0 atom stereocenters. The molecule has 2 rings (SSSR count). The molecule has 0 aromatic carbocycles. The van der Waals surface area contributed by atoms with Crippen molar-refractivity contribution in [2.45, 2.75) is 26.2 Å². The summed E-state index contributed by atoms with van der Waals surface area (Å²) in [7, 11) is 0. The number of halogens is 1. The van der Waals surface area contributed by atoms with Crippen LogP contribution in [0.2, 0.25) is 5.15 Å². The second kappa shape index (κ2) is 2.99. The molecule has 0 aliphatic heterocycles. The molecule has 14 heavy (non-hydrogen) atoms. The predicted octanol–water partition coefficient (Wildman–Crippen LogP) is 3.29. The van der Waals surface area contributed by atoms with Crippen molar-refractivity contribution in [1.82, 2.24) is 9.38 Å². The number of hydrogen-bond donors (Lipinski definition) is 0. The van der Waals surface area contributed by atoms with Crippen molar-refractivity contribution < 1.29 is 0 Å². The second-order valence-corrected chi connectivity index (χ2v) is 4.79. The van der Waals surface area contributed by atoms with Gasteiger partial charge in [-0.15, -0.1) is 0 Å². The first-order valence-electron chi connectivity index (χ1n) is 4.63. The van der Waals surface area contributed by atoms with Crippen molar-refractivity contribution >= 4 is 17.2 Å². The van der Waals surface area contributed by atoms with Crippen molar-refractivity contribution in [3.8, 4) is 0 Å². The summed E-state index contributed by atoms with van der Waals surface area (Å²) in [6.07, 6.45) is 1.93. The van der Waals surface area contributed by atoms with Crippen LogP contribution < -0.4 is 0 Å². The molecule has 0 fully saturated rings. The lowest BCUT2D eigenvalue weighted by molar-refractivity contribution is 0.573. The maximum Gasteiger partial charge on any atom is 0.138 e. The Morgan fingerprint density at radius 1 is 1.29 bits per heavy atom. The Morgan fingerprint density at radius 2 is 2.00 bits per heavy atom. The molecule has 2 aromatic rings. The molecule has 3 heteroatoms. The van der Waals surface area contributed by atoms with Crippen LogP contribution in [0.1, 0.15) is 26.5 Å². The fraction of sp³-hybridized carbons (Fsp3) is 0.364. The highest BCUT2D eigenvalue weighted by Crippen LogP contribution is 2.29. The summed E-state index contributed by atoms with van der Waals surface area (Å²) < 4.78 is 1.90. The lowest BCUT2D eigenvalue weighted by Gasteiger charge is -2.15. The summed E-state index contributed by atoms with van der Waals surface area (Å²) in [5.41, 5.74) is 1.84. The molecule has 0 radical (unpaired) electrons. The first kappa shape index (κ1) is 9.53. The number of imidazole rings is 1. The molecule has 0 saturated carbocycles. The molecular formula is C11H13ClN2. The molecule has 74 valence electrons. The molecule has 0 amide bonds. The Hall–Kier alpha value is -1.02. The number of nitrogens with zero attached hydrogens (tertiary/aromatic N) is 2. The Kier molecular flexibility index (Phi) is 2.04. The van der Waals surface area contributed by atoms with Gasteiger partial charge >= 0.3 is 0 Å². The van der Waals surface area contributed by atoms with Crippen molar-refractivity contribution in [3.05, 3.63) is 35.2 Å². The van der Waals surface area contributed by atoms with Crippen molar-refractivity contribution in [3.63, 3.8) is 0 Å². The largest absolute Gasteiger partial charge is 0.290 e. The van der Waals surface area contributed by atoms with Crippen LogP contribution in [0.3, 0.4) is 0 Å². The number of pyridine rings is 1. The van der Waals surface area contributed by atoms with E-state index < -0.39 is 0 Å². The summed E-state index contributed by atoms with van der Waals surface area (Å²) in [6.45, 7) is 6.34. The number of aromatic nitrogens is 2. The van der Waals surface area contributed by atoms with Gasteiger partial charge in [0.15, 0.2) is 0 Å². The number of fused-ring (bicyclic) bond motifs is 1. The molecule has 0 aliphatic carbocycles. The van der Waals surface area contributed by atoms with Gasteiger partial charge in [-0.3, -0.25) is 4.40 Å². The minimum absolute atomic E-state index is 0.0108. The fourth-order valence-electron chi connectivity index (χ4n) is 1.44. The van der Waals surface area contributed by atoms with Crippen LogP contribution in [0.4, 0.5) is 0 Å². The highest BCUT2D eigenvalue weighted by molar-refractivity contribution is 6.30. The zero-order chi connectivity index (χ0) is 10.3. The highest BCUT2D eigenvalue weighted by Gasteiger charge is 2.22. The van der Waals surface area contributed by atoms with E-state index in [0.29, 0.717) is 5.15 Å². The van der Waals surface area contributed by atoms with Gasteiger partial charge in [0.25, 0.3) is 0 Å². The van der Waals surface area contributed by atoms with E-state index >= 15 is 0 Å². The Bertz CT molecular complexity index is 466. The highest BCUT2D eigenvalue weighted by atomic mass is 35.5. The minimum atomic E-state index is -0.0108. The van der Waals surface area contributed by atoms with Crippen LogP contribution in [-0.2, 0) is 5.41 Å². The van der Waals surface area contributed by atoms with Gasteiger partial charge in [0.05, 0.1) is 5.69 Å². The lowest BCUT2D eigenvalue weighted by atomic mass is 9.93. The molecular weight excluding hydrogens is 196 g/mol. The lowest BCUT2D eigenvalue weighted by Crippen LogP contribution is -2.12. The monoisotopic (exact) mass is 208 g/mol. The van der Waals surface area contributed by atoms with Gasteiger partial charge in [0, 0.05) is 11.6 Å². The van der Waals surface area contributed by atoms with Gasteiger partial charge in [-0.05, 0) is 12.1 Å². The average Bonchev–Trinajstić information content (AvgIpc) is 2.44. The van der Waals surface area contributed by atoms with Gasteiger partial charge < -0.3 is 0 Å². The van der Waals surface area contributed by atoms with Crippen LogP contribution in [0.15, 0.2) is 24.4 Å². The van der Waals surface area contributed by atoms with E-state index in [0.717, 1.165) is 11.3 Å². The van der Waals surface area contributed by atoms with Crippen LogP contribution in [0.25, 0.3) is 5.65 Å². The van der Waals surface area contributed by atoms with Crippen LogP contribution >= 0.6 is 11.6 Å². The third-order valence-corrected chi connectivity index (χ3v) is 2.54. The smallest absolute Gasteiger partial charge is 0.138 e. The van der Waals surface area contributed by atoms with E-state index in [2.05, 4.69) is 25.8 Å². The van der Waals surface area contributed by atoms with Gasteiger partial charge in [-0.2, -0.15) is 0 Å². The Balaban J connectivity index is 2.75. The molecule has 2 nitrogen and oxygen atoms in total. The molecule has 2 aromatic heterocycles. The molecule has 0 unspecified atom stereocenters. The van der Waals surface area contributed by atoms with Crippen LogP contribution in [0, 0.1) is 0 Å². The van der Waals surface area contributed by atoms with Crippen LogP contribution in [0.5, 0.6) is 0 Å². The van der Waals surface area contributed by atoms with E-state index in [-0.39, 0.29) is 5.41 Å². The van der Waals surface area contributed by atoms with Gasteiger partial charge in [-0.25, -0.2) is 4.98 Å². The van der Waals surface area contributed by atoms with Gasteiger partial charge in [0.2, 0.25) is 0 Å². The average molecular weight is 209 g/mol. The molecule has 0 spiro atoms. The normalized spacial score (nSPS) is 12.3. The first-order chi connectivity index (χ1) is 6.50. The number of hydrogen-bond acceptors (Lipinski definition) is 1. The summed E-state index contributed by atoms with van der Waals surface area (Å²) in [6, 6.07) is 5.87. The van der Waals surface area contributed by atoms with E-state index in [9.17, 15) is 0 Å². The van der Waals surface area contributed by atoms with Crippen molar-refractivity contribution in [2.75, 3.05) is 0 Å². The first-order valence-corrected chi connectivity index (χ1v) is 5.01. The SMILES string of the molecule is CC(C)(C)c1nc2ccccn2c1Cl. The van der Waals surface area contributed by atoms with Crippen molar-refractivity contribution in [1.29, 1.82) is 0 Å². The summed E-state index contributed by atoms with van der Waals surface area (Å²) in [5.74, 6) is 0. The summed E-state index contributed by atoms with van der Waals surface area (Å²) in [4.78, 5) is 4.51. The Labute approximate surface area is 88.5 Å².